The normalized spacial score (nSPS) is 16.4. The molecule has 1 saturated heterocycles. The number of rotatable bonds is 9. The van der Waals surface area contributed by atoms with Crippen LogP contribution in [0.15, 0.2) is 60.2 Å². The van der Waals surface area contributed by atoms with Crippen molar-refractivity contribution in [2.24, 2.45) is 0 Å². The summed E-state index contributed by atoms with van der Waals surface area (Å²) >= 11 is 12.8. The number of halogens is 2. The molecule has 0 radical (unpaired) electrons. The van der Waals surface area contributed by atoms with Crippen LogP contribution in [-0.4, -0.2) is 49.6 Å². The first kappa shape index (κ1) is 28.1. The average molecular weight is 572 g/mol. The minimum atomic E-state index is -0.973. The molecule has 1 amide bonds. The molecule has 3 aromatic carbocycles. The lowest BCUT2D eigenvalue weighted by atomic mass is 9.94. The van der Waals surface area contributed by atoms with E-state index in [1.807, 2.05) is 19.1 Å². The molecular weight excluding hydrogens is 545 g/mol. The second-order valence-electron chi connectivity index (χ2n) is 8.53. The summed E-state index contributed by atoms with van der Waals surface area (Å²) in [5.41, 5.74) is 1.12. The Morgan fingerprint density at radius 2 is 1.67 bits per heavy atom. The van der Waals surface area contributed by atoms with Gasteiger partial charge in [-0.15, -0.1) is 0 Å². The van der Waals surface area contributed by atoms with Crippen LogP contribution in [0.1, 0.15) is 29.7 Å². The molecule has 1 fully saturated rings. The van der Waals surface area contributed by atoms with E-state index in [-0.39, 0.29) is 39.2 Å². The first-order valence-corrected chi connectivity index (χ1v) is 12.8. The Kier molecular flexibility index (Phi) is 8.57. The van der Waals surface area contributed by atoms with Gasteiger partial charge in [0, 0.05) is 5.56 Å². The van der Waals surface area contributed by atoms with Gasteiger partial charge in [0.1, 0.15) is 22.3 Å². The number of carbonyl (C=O) groups excluding carboxylic acids is 2. The van der Waals surface area contributed by atoms with Crippen LogP contribution in [0, 0.1) is 0 Å². The van der Waals surface area contributed by atoms with Gasteiger partial charge in [0.25, 0.3) is 11.7 Å². The molecule has 1 atom stereocenters. The third-order valence-corrected chi connectivity index (χ3v) is 6.98. The number of ether oxygens (including phenoxy) is 4. The lowest BCUT2D eigenvalue weighted by Crippen LogP contribution is -2.29. The van der Waals surface area contributed by atoms with E-state index in [2.05, 4.69) is 0 Å². The number of nitrogens with zero attached hydrogens (tertiary/aromatic N) is 1. The Bertz CT molecular complexity index is 1450. The van der Waals surface area contributed by atoms with Crippen molar-refractivity contribution < 1.29 is 33.6 Å². The van der Waals surface area contributed by atoms with Crippen LogP contribution in [-0.2, 0) is 16.1 Å². The maximum absolute atomic E-state index is 13.6. The number of benzene rings is 3. The largest absolute Gasteiger partial charge is 0.507 e. The quantitative estimate of drug-likeness (QED) is 0.190. The molecule has 1 aliphatic rings. The Morgan fingerprint density at radius 1 is 0.949 bits per heavy atom. The highest BCUT2D eigenvalue weighted by molar-refractivity contribution is 6.47. The van der Waals surface area contributed by atoms with E-state index in [4.69, 9.17) is 42.1 Å². The van der Waals surface area contributed by atoms with Crippen LogP contribution in [0.5, 0.6) is 23.0 Å². The molecular formula is C29H27Cl2NO7. The van der Waals surface area contributed by atoms with Crippen molar-refractivity contribution in [2.75, 3.05) is 27.9 Å². The molecule has 0 spiro atoms. The summed E-state index contributed by atoms with van der Waals surface area (Å²) < 4.78 is 21.8. The van der Waals surface area contributed by atoms with E-state index >= 15 is 0 Å². The van der Waals surface area contributed by atoms with Crippen molar-refractivity contribution in [3.05, 3.63) is 86.9 Å². The van der Waals surface area contributed by atoms with E-state index < -0.39 is 23.5 Å². The molecule has 4 rings (SSSR count). The fourth-order valence-electron chi connectivity index (χ4n) is 4.64. The summed E-state index contributed by atoms with van der Waals surface area (Å²) in [5, 5.41) is 11.7. The summed E-state index contributed by atoms with van der Waals surface area (Å²) in [6.45, 7) is 2.31. The zero-order valence-corrected chi connectivity index (χ0v) is 23.3. The van der Waals surface area contributed by atoms with Crippen molar-refractivity contribution in [3.63, 3.8) is 0 Å². The number of para-hydroxylation sites is 1. The topological polar surface area (TPSA) is 94.5 Å². The number of ketones is 1. The minimum Gasteiger partial charge on any atom is -0.507 e. The van der Waals surface area contributed by atoms with Crippen molar-refractivity contribution in [1.82, 2.24) is 4.90 Å². The van der Waals surface area contributed by atoms with E-state index in [9.17, 15) is 14.7 Å². The highest BCUT2D eigenvalue weighted by Crippen LogP contribution is 2.48. The minimum absolute atomic E-state index is 0.00666. The predicted molar refractivity (Wildman–Crippen MR) is 148 cm³/mol. The van der Waals surface area contributed by atoms with Crippen LogP contribution in [0.3, 0.4) is 0 Å². The number of carbonyl (C=O) groups is 2. The molecule has 1 aliphatic heterocycles. The van der Waals surface area contributed by atoms with Gasteiger partial charge in [-0.1, -0.05) is 53.5 Å². The van der Waals surface area contributed by atoms with Crippen LogP contribution >= 0.6 is 23.2 Å². The standard InChI is InChI=1S/C29H27Cl2NO7/c1-5-39-18-11-8-10-16(13-18)24-22(25(33)19-14-20(30)28(38-4)23(31)27(19)37-3)26(34)29(35)32(24)15-17-9-6-7-12-21(17)36-2/h6-14,24,33H,5,15H2,1-4H3/b25-22+. The molecule has 1 unspecified atom stereocenters. The first-order valence-electron chi connectivity index (χ1n) is 12.0. The van der Waals surface area contributed by atoms with Crippen molar-refractivity contribution in [2.45, 2.75) is 19.5 Å². The zero-order valence-electron chi connectivity index (χ0n) is 21.8. The summed E-state index contributed by atoms with van der Waals surface area (Å²) in [5.74, 6) is -0.885. The summed E-state index contributed by atoms with van der Waals surface area (Å²) in [6.07, 6.45) is 0. The van der Waals surface area contributed by atoms with Gasteiger partial charge < -0.3 is 29.0 Å². The highest BCUT2D eigenvalue weighted by Gasteiger charge is 2.47. The van der Waals surface area contributed by atoms with E-state index in [1.165, 1.54) is 32.3 Å². The molecule has 0 aliphatic carbocycles. The van der Waals surface area contributed by atoms with Gasteiger partial charge in [0.15, 0.2) is 11.5 Å². The maximum Gasteiger partial charge on any atom is 0.295 e. The predicted octanol–water partition coefficient (Wildman–Crippen LogP) is 6.04. The second-order valence-corrected chi connectivity index (χ2v) is 9.32. The Morgan fingerprint density at radius 3 is 2.33 bits per heavy atom. The van der Waals surface area contributed by atoms with Crippen LogP contribution in [0.2, 0.25) is 10.0 Å². The number of likely N-dealkylation sites (tertiary alicyclic amines) is 1. The van der Waals surface area contributed by atoms with Crippen LogP contribution in [0.25, 0.3) is 5.76 Å². The summed E-state index contributed by atoms with van der Waals surface area (Å²) in [6, 6.07) is 14.6. The second kappa shape index (κ2) is 11.9. The molecule has 10 heteroatoms. The fourth-order valence-corrected chi connectivity index (χ4v) is 5.33. The van der Waals surface area contributed by atoms with Crippen molar-refractivity contribution >= 4 is 40.7 Å². The number of aliphatic hydroxyl groups excluding tert-OH is 1. The summed E-state index contributed by atoms with van der Waals surface area (Å²) in [7, 11) is 4.27. The number of methoxy groups -OCH3 is 3. The number of hydrogen-bond donors (Lipinski definition) is 1. The molecule has 0 saturated carbocycles. The SMILES string of the molecule is CCOc1cccc(C2/C(=C(\O)c3cc(Cl)c(OC)c(Cl)c3OC)C(=O)C(=O)N2Cc2ccccc2OC)c1. The molecule has 0 bridgehead atoms. The van der Waals surface area contributed by atoms with Gasteiger partial charge >= 0.3 is 0 Å². The number of Topliss-reactive ketones (excluding diaryl/α,β-unsaturated/α-hetero) is 1. The molecule has 0 aromatic heterocycles. The van der Waals surface area contributed by atoms with Gasteiger partial charge in [0.2, 0.25) is 0 Å². The number of amides is 1. The van der Waals surface area contributed by atoms with Crippen molar-refractivity contribution in [3.8, 4) is 23.0 Å². The Balaban J connectivity index is 1.96. The van der Waals surface area contributed by atoms with Crippen LogP contribution in [0.4, 0.5) is 0 Å². The molecule has 1 heterocycles. The lowest BCUT2D eigenvalue weighted by Gasteiger charge is -2.26. The van der Waals surface area contributed by atoms with Gasteiger partial charge in [-0.3, -0.25) is 9.59 Å². The number of hydrogen-bond acceptors (Lipinski definition) is 7. The van der Waals surface area contributed by atoms with Gasteiger partial charge in [0.05, 0.1) is 56.7 Å². The lowest BCUT2D eigenvalue weighted by molar-refractivity contribution is -0.140. The molecule has 39 heavy (non-hydrogen) atoms. The highest BCUT2D eigenvalue weighted by atomic mass is 35.5. The first-order chi connectivity index (χ1) is 18.8. The summed E-state index contributed by atoms with van der Waals surface area (Å²) in [4.78, 5) is 28.4. The molecule has 1 N–H and O–H groups in total. The van der Waals surface area contributed by atoms with Crippen LogP contribution < -0.4 is 18.9 Å². The van der Waals surface area contributed by atoms with Gasteiger partial charge in [-0.25, -0.2) is 0 Å². The monoisotopic (exact) mass is 571 g/mol. The van der Waals surface area contributed by atoms with Gasteiger partial charge in [-0.2, -0.15) is 0 Å². The fraction of sp³-hybridized carbons (Fsp3) is 0.241. The van der Waals surface area contributed by atoms with E-state index in [0.29, 0.717) is 29.2 Å². The average Bonchev–Trinajstić information content (AvgIpc) is 3.18. The molecule has 8 nitrogen and oxygen atoms in total. The maximum atomic E-state index is 13.6. The third-order valence-electron chi connectivity index (χ3n) is 6.35. The Hall–Kier alpha value is -3.88. The number of aliphatic hydroxyl groups is 1. The Labute approximate surface area is 236 Å². The third kappa shape index (κ3) is 5.22. The zero-order chi connectivity index (χ0) is 28.3. The van der Waals surface area contributed by atoms with Gasteiger partial charge in [-0.05, 0) is 36.8 Å². The molecule has 3 aromatic rings. The molecule has 204 valence electrons. The smallest absolute Gasteiger partial charge is 0.295 e. The van der Waals surface area contributed by atoms with Crippen molar-refractivity contribution in [1.29, 1.82) is 0 Å². The van der Waals surface area contributed by atoms with E-state index in [1.54, 1.807) is 36.4 Å². The van der Waals surface area contributed by atoms with E-state index in [0.717, 1.165) is 0 Å².